The fourth-order valence-electron chi connectivity index (χ4n) is 2.05. The van der Waals surface area contributed by atoms with Crippen molar-refractivity contribution in [3.63, 3.8) is 0 Å². The van der Waals surface area contributed by atoms with Gasteiger partial charge in [-0.3, -0.25) is 4.79 Å². The van der Waals surface area contributed by atoms with Crippen LogP contribution in [0.5, 0.6) is 0 Å². The van der Waals surface area contributed by atoms with Crippen molar-refractivity contribution in [2.75, 3.05) is 5.32 Å². The van der Waals surface area contributed by atoms with Crippen LogP contribution < -0.4 is 5.32 Å². The first-order valence-corrected chi connectivity index (χ1v) is 6.52. The molecule has 1 aromatic carbocycles. The number of carbonyl (C=O) groups excluding carboxylic acids is 1. The Labute approximate surface area is 121 Å². The third-order valence-corrected chi connectivity index (χ3v) is 3.18. The lowest BCUT2D eigenvalue weighted by Gasteiger charge is -2.06. The highest BCUT2D eigenvalue weighted by Crippen LogP contribution is 2.15. The Morgan fingerprint density at radius 2 is 2.10 bits per heavy atom. The Morgan fingerprint density at radius 3 is 2.71 bits per heavy atom. The molecule has 1 amide bonds. The number of nitrogens with zero attached hydrogens (tertiary/aromatic N) is 1. The van der Waals surface area contributed by atoms with Crippen molar-refractivity contribution in [3.8, 4) is 0 Å². The highest BCUT2D eigenvalue weighted by atomic mass is 16.5. The van der Waals surface area contributed by atoms with Crippen LogP contribution in [0.4, 0.5) is 5.69 Å². The number of aryl methyl sites for hydroxylation is 2. The molecule has 1 aromatic heterocycles. The minimum absolute atomic E-state index is 0.138. The van der Waals surface area contributed by atoms with Gasteiger partial charge in [0.25, 0.3) is 0 Å². The van der Waals surface area contributed by atoms with Gasteiger partial charge >= 0.3 is 5.97 Å². The van der Waals surface area contributed by atoms with E-state index in [9.17, 15) is 9.59 Å². The predicted octanol–water partition coefficient (Wildman–Crippen LogP) is 2.56. The van der Waals surface area contributed by atoms with Crippen LogP contribution in [-0.2, 0) is 11.2 Å². The van der Waals surface area contributed by atoms with Gasteiger partial charge in [0.15, 0.2) is 0 Å². The van der Waals surface area contributed by atoms with Gasteiger partial charge < -0.3 is 14.9 Å². The normalized spacial score (nSPS) is 10.4. The molecule has 0 saturated carbocycles. The zero-order valence-electron chi connectivity index (χ0n) is 11.8. The second kappa shape index (κ2) is 6.21. The molecule has 21 heavy (non-hydrogen) atoms. The third kappa shape index (κ3) is 3.68. The number of hydrogen-bond acceptors (Lipinski definition) is 4. The Bertz CT molecular complexity index is 657. The Hall–Kier alpha value is -2.63. The first-order valence-electron chi connectivity index (χ1n) is 6.52. The molecule has 0 saturated heterocycles. The molecule has 0 unspecified atom stereocenters. The summed E-state index contributed by atoms with van der Waals surface area (Å²) in [6.45, 7) is 3.64. The van der Waals surface area contributed by atoms with E-state index < -0.39 is 5.97 Å². The van der Waals surface area contributed by atoms with Crippen molar-refractivity contribution in [3.05, 3.63) is 46.8 Å². The van der Waals surface area contributed by atoms with Gasteiger partial charge in [0.2, 0.25) is 5.91 Å². The van der Waals surface area contributed by atoms with Gasteiger partial charge in [-0.25, -0.2) is 4.79 Å². The molecule has 2 rings (SSSR count). The summed E-state index contributed by atoms with van der Waals surface area (Å²) in [5.41, 5.74) is 2.33. The van der Waals surface area contributed by atoms with E-state index in [-0.39, 0.29) is 17.9 Å². The average molecular weight is 288 g/mol. The maximum Gasteiger partial charge on any atom is 0.335 e. The fourth-order valence-corrected chi connectivity index (χ4v) is 2.05. The summed E-state index contributed by atoms with van der Waals surface area (Å²) in [4.78, 5) is 22.8. The molecule has 6 nitrogen and oxygen atoms in total. The molecule has 1 heterocycles. The number of carboxylic acid groups (broad SMARTS) is 1. The molecule has 0 bridgehead atoms. The first kappa shape index (κ1) is 14.8. The zero-order valence-corrected chi connectivity index (χ0v) is 11.8. The van der Waals surface area contributed by atoms with Crippen LogP contribution in [-0.4, -0.2) is 22.1 Å². The lowest BCUT2D eigenvalue weighted by molar-refractivity contribution is -0.116. The molecule has 0 atom stereocenters. The summed E-state index contributed by atoms with van der Waals surface area (Å²) >= 11 is 0. The SMILES string of the molecule is Cc1noc(C)c1CCC(=O)Nc1cccc(C(=O)O)c1. The van der Waals surface area contributed by atoms with Gasteiger partial charge in [0, 0.05) is 17.7 Å². The molecule has 0 aliphatic heterocycles. The number of amides is 1. The van der Waals surface area contributed by atoms with Crippen molar-refractivity contribution >= 4 is 17.6 Å². The molecule has 0 spiro atoms. The molecule has 110 valence electrons. The quantitative estimate of drug-likeness (QED) is 0.882. The summed E-state index contributed by atoms with van der Waals surface area (Å²) in [5.74, 6) is -0.493. The van der Waals surface area contributed by atoms with E-state index >= 15 is 0 Å². The van der Waals surface area contributed by atoms with Crippen molar-refractivity contribution in [1.29, 1.82) is 0 Å². The van der Waals surface area contributed by atoms with Crippen LogP contribution in [0.15, 0.2) is 28.8 Å². The topological polar surface area (TPSA) is 92.4 Å². The first-order chi connectivity index (χ1) is 9.97. The number of rotatable bonds is 5. The number of anilines is 1. The summed E-state index contributed by atoms with van der Waals surface area (Å²) in [5, 5.41) is 15.4. The lowest BCUT2D eigenvalue weighted by atomic mass is 10.1. The van der Waals surface area contributed by atoms with Crippen LogP contribution in [0.2, 0.25) is 0 Å². The molecule has 2 N–H and O–H groups in total. The molecular formula is C15H16N2O4. The smallest absolute Gasteiger partial charge is 0.335 e. The van der Waals surface area contributed by atoms with Crippen molar-refractivity contribution in [2.24, 2.45) is 0 Å². The van der Waals surface area contributed by atoms with Crippen molar-refractivity contribution in [1.82, 2.24) is 5.16 Å². The standard InChI is InChI=1S/C15H16N2O4/c1-9-13(10(2)21-17-9)6-7-14(18)16-12-5-3-4-11(8-12)15(19)20/h3-5,8H,6-7H2,1-2H3,(H,16,18)(H,19,20). The van der Waals surface area contributed by atoms with E-state index in [0.29, 0.717) is 17.9 Å². The van der Waals surface area contributed by atoms with E-state index in [1.165, 1.54) is 12.1 Å². The summed E-state index contributed by atoms with van der Waals surface area (Å²) < 4.78 is 5.04. The van der Waals surface area contributed by atoms with Gasteiger partial charge in [0.1, 0.15) is 5.76 Å². The van der Waals surface area contributed by atoms with E-state index in [0.717, 1.165) is 11.3 Å². The number of benzene rings is 1. The Kier molecular flexibility index (Phi) is 4.37. The van der Waals surface area contributed by atoms with Gasteiger partial charge in [-0.05, 0) is 38.5 Å². The molecule has 0 aliphatic rings. The number of carboxylic acids is 1. The molecule has 2 aromatic rings. The van der Waals surface area contributed by atoms with E-state index in [2.05, 4.69) is 10.5 Å². The largest absolute Gasteiger partial charge is 0.478 e. The maximum absolute atomic E-state index is 11.9. The summed E-state index contributed by atoms with van der Waals surface area (Å²) in [7, 11) is 0. The van der Waals surface area contributed by atoms with Crippen LogP contribution in [0.3, 0.4) is 0 Å². The second-order valence-corrected chi connectivity index (χ2v) is 4.74. The molecular weight excluding hydrogens is 272 g/mol. The van der Waals surface area contributed by atoms with Gasteiger partial charge in [-0.2, -0.15) is 0 Å². The van der Waals surface area contributed by atoms with Gasteiger partial charge in [-0.15, -0.1) is 0 Å². The van der Waals surface area contributed by atoms with Crippen molar-refractivity contribution < 1.29 is 19.2 Å². The van der Waals surface area contributed by atoms with Crippen LogP contribution >= 0.6 is 0 Å². The molecule has 0 aliphatic carbocycles. The fraction of sp³-hybridized carbons (Fsp3) is 0.267. The number of aromatic carboxylic acids is 1. The average Bonchev–Trinajstić information content (AvgIpc) is 2.76. The molecule has 0 fully saturated rings. The van der Waals surface area contributed by atoms with Crippen LogP contribution in [0.1, 0.15) is 33.8 Å². The third-order valence-electron chi connectivity index (χ3n) is 3.18. The lowest BCUT2D eigenvalue weighted by Crippen LogP contribution is -2.13. The number of hydrogen-bond donors (Lipinski definition) is 2. The number of carbonyl (C=O) groups is 2. The molecule has 6 heteroatoms. The van der Waals surface area contributed by atoms with E-state index in [1.54, 1.807) is 12.1 Å². The Balaban J connectivity index is 1.96. The monoisotopic (exact) mass is 288 g/mol. The van der Waals surface area contributed by atoms with Crippen LogP contribution in [0, 0.1) is 13.8 Å². The van der Waals surface area contributed by atoms with Crippen molar-refractivity contribution in [2.45, 2.75) is 26.7 Å². The zero-order chi connectivity index (χ0) is 15.4. The minimum Gasteiger partial charge on any atom is -0.478 e. The predicted molar refractivity (Wildman–Crippen MR) is 76.3 cm³/mol. The number of nitrogens with one attached hydrogen (secondary N) is 1. The van der Waals surface area contributed by atoms with Gasteiger partial charge in [0.05, 0.1) is 11.3 Å². The Morgan fingerprint density at radius 1 is 1.33 bits per heavy atom. The van der Waals surface area contributed by atoms with E-state index in [1.807, 2.05) is 13.8 Å². The van der Waals surface area contributed by atoms with E-state index in [4.69, 9.17) is 9.63 Å². The second-order valence-electron chi connectivity index (χ2n) is 4.74. The summed E-state index contributed by atoms with van der Waals surface area (Å²) in [6.07, 6.45) is 0.811. The maximum atomic E-state index is 11.9. The summed E-state index contributed by atoms with van der Waals surface area (Å²) in [6, 6.07) is 6.14. The molecule has 0 radical (unpaired) electrons. The number of aromatic nitrogens is 1. The van der Waals surface area contributed by atoms with Crippen LogP contribution in [0.25, 0.3) is 0 Å². The highest BCUT2D eigenvalue weighted by molar-refractivity contribution is 5.93. The van der Waals surface area contributed by atoms with Gasteiger partial charge in [-0.1, -0.05) is 11.2 Å². The minimum atomic E-state index is -1.03. The highest BCUT2D eigenvalue weighted by Gasteiger charge is 2.11.